The van der Waals surface area contributed by atoms with E-state index in [1.807, 2.05) is 36.9 Å². The van der Waals surface area contributed by atoms with Crippen molar-refractivity contribution < 1.29 is 14.2 Å². The Morgan fingerprint density at radius 2 is 1.93 bits per heavy atom. The van der Waals surface area contributed by atoms with Crippen LogP contribution in [0.5, 0.6) is 11.6 Å². The number of methoxy groups -OCH3 is 1. The number of aromatic nitrogens is 5. The minimum absolute atomic E-state index is 0.0880. The lowest BCUT2D eigenvalue weighted by Gasteiger charge is -2.56. The third kappa shape index (κ3) is 5.10. The van der Waals surface area contributed by atoms with Crippen LogP contribution in [0.1, 0.15) is 31.2 Å². The zero-order valence-corrected chi connectivity index (χ0v) is 25.1. The van der Waals surface area contributed by atoms with E-state index < -0.39 is 0 Å². The molecule has 5 saturated heterocycles. The SMILES string of the molecule is COc1ccc(CN2C3C[C@@H]2CN(c2cnc(-c4cc(OCCN5CC6(CCCCO6)C5)cn5ncc(N)c45)cn2)C3)cn1. The van der Waals surface area contributed by atoms with Gasteiger partial charge < -0.3 is 24.8 Å². The summed E-state index contributed by atoms with van der Waals surface area (Å²) in [5, 5.41) is 4.46. The van der Waals surface area contributed by atoms with Crippen molar-refractivity contribution in [2.75, 3.05) is 63.7 Å². The summed E-state index contributed by atoms with van der Waals surface area (Å²) in [6.45, 7) is 7.10. The maximum absolute atomic E-state index is 6.33. The topological polar surface area (TPSA) is 119 Å². The molecule has 5 aliphatic heterocycles. The smallest absolute Gasteiger partial charge is 0.212 e. The second kappa shape index (κ2) is 11.2. The predicted molar refractivity (Wildman–Crippen MR) is 166 cm³/mol. The van der Waals surface area contributed by atoms with Gasteiger partial charge in [0, 0.05) is 75.8 Å². The molecule has 4 aromatic rings. The average Bonchev–Trinajstić information content (AvgIpc) is 3.43. The number of nitrogens with two attached hydrogens (primary N) is 1. The Morgan fingerprint density at radius 1 is 1.05 bits per heavy atom. The Morgan fingerprint density at radius 3 is 2.66 bits per heavy atom. The van der Waals surface area contributed by atoms with Crippen LogP contribution in [0, 0.1) is 0 Å². The van der Waals surface area contributed by atoms with Crippen LogP contribution in [0.3, 0.4) is 0 Å². The molecular weight excluding hydrogens is 558 g/mol. The Balaban J connectivity index is 0.917. The second-order valence-corrected chi connectivity index (χ2v) is 12.6. The van der Waals surface area contributed by atoms with Gasteiger partial charge in [-0.15, -0.1) is 0 Å². The molecule has 0 saturated carbocycles. The number of rotatable bonds is 9. The van der Waals surface area contributed by atoms with Crippen molar-refractivity contribution in [3.63, 3.8) is 0 Å². The van der Waals surface area contributed by atoms with Gasteiger partial charge in [0.2, 0.25) is 5.88 Å². The van der Waals surface area contributed by atoms with Gasteiger partial charge in [0.15, 0.2) is 0 Å². The van der Waals surface area contributed by atoms with Crippen molar-refractivity contribution in [3.05, 3.63) is 54.7 Å². The van der Waals surface area contributed by atoms with E-state index in [9.17, 15) is 0 Å². The number of anilines is 2. The maximum Gasteiger partial charge on any atom is 0.212 e. The van der Waals surface area contributed by atoms with Gasteiger partial charge in [0.05, 0.1) is 54.4 Å². The van der Waals surface area contributed by atoms with Gasteiger partial charge in [-0.25, -0.2) is 14.5 Å². The minimum Gasteiger partial charge on any atom is -0.491 e. The standard InChI is InChI=1S/C32H39N9O3/c1-42-30-5-4-22(12-36-30)16-40-23-10-24(40)18-39(17-23)29-15-34-28(14-35-29)26-11-25(19-41-31(26)27(33)13-37-41)43-9-7-38-20-32(21-38)6-2-3-8-44-32/h4-5,11-15,19,23-24H,2-3,6-10,16-18,20-21,33H2,1H3/t23-,24?/m1/s1. The second-order valence-electron chi connectivity index (χ2n) is 12.6. The quantitative estimate of drug-likeness (QED) is 0.307. The summed E-state index contributed by atoms with van der Waals surface area (Å²) in [6, 6.07) is 7.01. The van der Waals surface area contributed by atoms with E-state index in [2.05, 4.69) is 30.8 Å². The van der Waals surface area contributed by atoms with E-state index >= 15 is 0 Å². The van der Waals surface area contributed by atoms with Crippen molar-refractivity contribution in [1.82, 2.24) is 34.4 Å². The van der Waals surface area contributed by atoms with Crippen LogP contribution in [0.2, 0.25) is 0 Å². The molecule has 2 atom stereocenters. The monoisotopic (exact) mass is 597 g/mol. The molecule has 1 spiro atoms. The Hall–Kier alpha value is -4.00. The molecule has 9 rings (SSSR count). The van der Waals surface area contributed by atoms with Crippen LogP contribution in [-0.4, -0.2) is 105 Å². The number of pyridine rings is 2. The fourth-order valence-corrected chi connectivity index (χ4v) is 7.37. The normalized spacial score (nSPS) is 23.0. The Kier molecular flexibility index (Phi) is 6.99. The van der Waals surface area contributed by atoms with E-state index in [-0.39, 0.29) is 5.60 Å². The molecule has 0 aromatic carbocycles. The number of fused-ring (bicyclic) bond motifs is 3. The highest BCUT2D eigenvalue weighted by Gasteiger charge is 2.45. The number of piperazine rings is 1. The molecule has 0 radical (unpaired) electrons. The van der Waals surface area contributed by atoms with Gasteiger partial charge in [-0.05, 0) is 37.3 Å². The van der Waals surface area contributed by atoms with Crippen LogP contribution < -0.4 is 20.1 Å². The largest absolute Gasteiger partial charge is 0.491 e. The molecule has 1 unspecified atom stereocenters. The summed E-state index contributed by atoms with van der Waals surface area (Å²) in [5.74, 6) is 2.27. The molecule has 0 aliphatic carbocycles. The summed E-state index contributed by atoms with van der Waals surface area (Å²) >= 11 is 0. The molecule has 4 aromatic heterocycles. The number of nitrogen functional groups attached to an aromatic ring is 1. The maximum atomic E-state index is 6.33. The van der Waals surface area contributed by atoms with Gasteiger partial charge in [0.1, 0.15) is 18.2 Å². The first-order valence-electron chi connectivity index (χ1n) is 15.6. The summed E-state index contributed by atoms with van der Waals surface area (Å²) in [7, 11) is 1.64. The van der Waals surface area contributed by atoms with E-state index in [1.165, 1.54) is 31.2 Å². The molecule has 44 heavy (non-hydrogen) atoms. The predicted octanol–water partition coefficient (Wildman–Crippen LogP) is 2.87. The Labute approximate surface area is 256 Å². The number of likely N-dealkylation sites (tertiary alicyclic amines) is 1. The molecule has 0 amide bonds. The van der Waals surface area contributed by atoms with E-state index in [0.717, 1.165) is 74.2 Å². The first-order valence-corrected chi connectivity index (χ1v) is 15.6. The molecule has 2 bridgehead atoms. The van der Waals surface area contributed by atoms with Gasteiger partial charge in [-0.2, -0.15) is 5.10 Å². The number of piperidine rings is 1. The first kappa shape index (κ1) is 27.5. The summed E-state index contributed by atoms with van der Waals surface area (Å²) in [6.07, 6.45) is 14.0. The van der Waals surface area contributed by atoms with Crippen molar-refractivity contribution in [1.29, 1.82) is 0 Å². The van der Waals surface area contributed by atoms with Crippen LogP contribution >= 0.6 is 0 Å². The van der Waals surface area contributed by atoms with Crippen LogP contribution in [-0.2, 0) is 11.3 Å². The zero-order valence-electron chi connectivity index (χ0n) is 25.1. The lowest BCUT2D eigenvalue weighted by Crippen LogP contribution is -2.68. The van der Waals surface area contributed by atoms with Crippen LogP contribution in [0.25, 0.3) is 16.8 Å². The number of hydrogen-bond acceptors (Lipinski definition) is 11. The van der Waals surface area contributed by atoms with Crippen molar-refractivity contribution in [3.8, 4) is 22.9 Å². The molecule has 5 fully saturated rings. The fourth-order valence-electron chi connectivity index (χ4n) is 7.37. The van der Waals surface area contributed by atoms with E-state index in [1.54, 1.807) is 17.8 Å². The zero-order chi connectivity index (χ0) is 29.7. The molecule has 12 nitrogen and oxygen atoms in total. The molecular formula is C32H39N9O3. The van der Waals surface area contributed by atoms with Crippen molar-refractivity contribution in [2.45, 2.75) is 49.9 Å². The molecule has 2 N–H and O–H groups in total. The highest BCUT2D eigenvalue weighted by Crippen LogP contribution is 2.37. The molecule has 5 aliphatic rings. The van der Waals surface area contributed by atoms with Gasteiger partial charge in [-0.3, -0.25) is 14.8 Å². The molecule has 230 valence electrons. The highest BCUT2D eigenvalue weighted by atomic mass is 16.5. The minimum atomic E-state index is 0.0880. The highest BCUT2D eigenvalue weighted by molar-refractivity contribution is 5.87. The summed E-state index contributed by atoms with van der Waals surface area (Å²) in [4.78, 5) is 21.4. The molecule has 12 heteroatoms. The third-order valence-electron chi connectivity index (χ3n) is 9.70. The number of ether oxygens (including phenoxy) is 3. The van der Waals surface area contributed by atoms with Crippen molar-refractivity contribution in [2.24, 2.45) is 0 Å². The Bertz CT molecular complexity index is 1600. The van der Waals surface area contributed by atoms with E-state index in [0.29, 0.717) is 30.3 Å². The number of hydrogen-bond donors (Lipinski definition) is 1. The lowest BCUT2D eigenvalue weighted by atomic mass is 9.86. The number of nitrogens with zero attached hydrogens (tertiary/aromatic N) is 8. The summed E-state index contributed by atoms with van der Waals surface area (Å²) < 4.78 is 19.3. The summed E-state index contributed by atoms with van der Waals surface area (Å²) in [5.41, 5.74) is 10.6. The first-order chi connectivity index (χ1) is 21.6. The molecule has 9 heterocycles. The van der Waals surface area contributed by atoms with Crippen LogP contribution in [0.4, 0.5) is 11.5 Å². The average molecular weight is 598 g/mol. The van der Waals surface area contributed by atoms with Gasteiger partial charge in [0.25, 0.3) is 0 Å². The third-order valence-corrected chi connectivity index (χ3v) is 9.70. The van der Waals surface area contributed by atoms with E-state index in [4.69, 9.17) is 29.9 Å². The lowest BCUT2D eigenvalue weighted by molar-refractivity contribution is -0.167. The van der Waals surface area contributed by atoms with Gasteiger partial charge >= 0.3 is 0 Å². The fraction of sp³-hybridized carbons (Fsp3) is 0.500. The van der Waals surface area contributed by atoms with Crippen LogP contribution in [0.15, 0.2) is 49.2 Å². The van der Waals surface area contributed by atoms with Crippen molar-refractivity contribution >= 4 is 17.0 Å². The van der Waals surface area contributed by atoms with Gasteiger partial charge in [-0.1, -0.05) is 6.07 Å².